The first-order valence-electron chi connectivity index (χ1n) is 11.8. The number of piperidine rings is 1. The van der Waals surface area contributed by atoms with Gasteiger partial charge in [-0.3, -0.25) is 9.78 Å². The van der Waals surface area contributed by atoms with E-state index in [2.05, 4.69) is 26.7 Å². The maximum Gasteiger partial charge on any atom is 0.309 e. The monoisotopic (exact) mass is 534 g/mol. The van der Waals surface area contributed by atoms with Crippen molar-refractivity contribution in [1.82, 2.24) is 9.88 Å². The van der Waals surface area contributed by atoms with Crippen LogP contribution in [-0.2, 0) is 4.79 Å². The van der Waals surface area contributed by atoms with E-state index in [4.69, 9.17) is 16.3 Å². The summed E-state index contributed by atoms with van der Waals surface area (Å²) in [4.78, 5) is 20.4. The van der Waals surface area contributed by atoms with Gasteiger partial charge >= 0.3 is 5.97 Å². The fourth-order valence-corrected chi connectivity index (χ4v) is 6.77. The molecule has 1 aliphatic rings. The number of aromatic nitrogens is 1. The van der Waals surface area contributed by atoms with E-state index in [1.807, 2.05) is 30.0 Å². The summed E-state index contributed by atoms with van der Waals surface area (Å²) >= 11 is 10.0. The van der Waals surface area contributed by atoms with Gasteiger partial charge in [0.1, 0.15) is 5.75 Å². The maximum absolute atomic E-state index is 12.3. The van der Waals surface area contributed by atoms with Gasteiger partial charge in [-0.05, 0) is 87.1 Å². The fourth-order valence-electron chi connectivity index (χ4n) is 4.78. The van der Waals surface area contributed by atoms with E-state index in [0.717, 1.165) is 37.2 Å². The largest absolute Gasteiger partial charge is 0.497 e. The summed E-state index contributed by atoms with van der Waals surface area (Å²) in [6.45, 7) is 2.51. The number of pyridine rings is 1. The summed E-state index contributed by atoms with van der Waals surface area (Å²) in [5.74, 6) is 0.942. The fraction of sp³-hybridized carbons (Fsp3) is 0.462. The van der Waals surface area contributed by atoms with Gasteiger partial charge in [-0.25, -0.2) is 0 Å². The summed E-state index contributed by atoms with van der Waals surface area (Å²) < 4.78 is 5.33. The van der Waals surface area contributed by atoms with Crippen molar-refractivity contribution < 1.29 is 19.7 Å². The van der Waals surface area contributed by atoms with Crippen molar-refractivity contribution in [2.24, 2.45) is 5.41 Å². The van der Waals surface area contributed by atoms with Crippen molar-refractivity contribution in [3.8, 4) is 5.75 Å². The average Bonchev–Trinajstić information content (AvgIpc) is 3.39. The third kappa shape index (κ3) is 6.30. The molecule has 1 fully saturated rings. The summed E-state index contributed by atoms with van der Waals surface area (Å²) in [6.07, 6.45) is 3.63. The molecule has 9 heteroatoms. The minimum absolute atomic E-state index is 0.319. The second-order valence-corrected chi connectivity index (χ2v) is 11.4. The highest BCUT2D eigenvalue weighted by atomic mass is 35.5. The van der Waals surface area contributed by atoms with Crippen LogP contribution >= 0.6 is 34.7 Å². The number of rotatable bonds is 11. The molecule has 0 bridgehead atoms. The zero-order chi connectivity index (χ0) is 24.8. The molecule has 1 aliphatic heterocycles. The number of nitrogens with zero attached hydrogens (tertiary/aromatic N) is 2. The number of carboxylic acids is 1. The number of aliphatic carboxylic acids is 1. The van der Waals surface area contributed by atoms with Crippen molar-refractivity contribution in [2.45, 2.75) is 43.1 Å². The lowest BCUT2D eigenvalue weighted by molar-refractivity contribution is -0.153. The first kappa shape index (κ1) is 26.2. The van der Waals surface area contributed by atoms with E-state index in [1.165, 1.54) is 11.1 Å². The van der Waals surface area contributed by atoms with Crippen LogP contribution < -0.4 is 4.74 Å². The SMILES string of the molecule is COc1ccc2ncc(Cl)c(C(O)CCC3(C(=O)O)CCN(CCCSc4ccsc4)CC3)c2c1. The number of hydrogen-bond donors (Lipinski definition) is 2. The molecule has 1 aromatic carbocycles. The van der Waals surface area contributed by atoms with Gasteiger partial charge in [0.2, 0.25) is 0 Å². The molecule has 188 valence electrons. The second kappa shape index (κ2) is 11.9. The van der Waals surface area contributed by atoms with Crippen molar-refractivity contribution >= 4 is 51.6 Å². The third-order valence-corrected chi connectivity index (χ3v) is 9.16. The predicted molar refractivity (Wildman–Crippen MR) is 143 cm³/mol. The number of benzene rings is 1. The number of aliphatic hydroxyl groups is 1. The molecular weight excluding hydrogens is 504 g/mol. The van der Waals surface area contributed by atoms with E-state index in [9.17, 15) is 15.0 Å². The van der Waals surface area contributed by atoms with E-state index in [-0.39, 0.29) is 0 Å². The molecule has 0 saturated carbocycles. The van der Waals surface area contributed by atoms with Crippen LogP contribution in [-0.4, -0.2) is 58.6 Å². The molecule has 0 aliphatic carbocycles. The standard InChI is InChI=1S/C26H31ClN2O4S2/c1-33-18-3-4-22-20(15-18)24(21(27)16-28-22)23(30)5-7-26(25(31)32)8-11-29(12-9-26)10-2-13-35-19-6-14-34-17-19/h3-4,6,14-17,23,30H,2,5,7-13H2,1H3,(H,31,32). The molecule has 2 N–H and O–H groups in total. The van der Waals surface area contributed by atoms with E-state index < -0.39 is 17.5 Å². The Hall–Kier alpha value is -1.84. The van der Waals surface area contributed by atoms with Crippen molar-refractivity contribution in [3.63, 3.8) is 0 Å². The molecule has 2 aromatic heterocycles. The van der Waals surface area contributed by atoms with Gasteiger partial charge in [0, 0.05) is 27.4 Å². The average molecular weight is 535 g/mol. The normalized spacial score (nSPS) is 16.9. The molecule has 35 heavy (non-hydrogen) atoms. The van der Waals surface area contributed by atoms with E-state index in [1.54, 1.807) is 18.4 Å². The number of fused-ring (bicyclic) bond motifs is 1. The lowest BCUT2D eigenvalue weighted by Crippen LogP contribution is -2.44. The Morgan fingerprint density at radius 2 is 2.14 bits per heavy atom. The molecule has 6 nitrogen and oxygen atoms in total. The highest BCUT2D eigenvalue weighted by Crippen LogP contribution is 2.41. The Kier molecular flexibility index (Phi) is 8.94. The number of aliphatic hydroxyl groups excluding tert-OH is 1. The van der Waals surface area contributed by atoms with E-state index in [0.29, 0.717) is 47.5 Å². The van der Waals surface area contributed by atoms with Gasteiger partial charge in [0.05, 0.1) is 29.2 Å². The molecule has 0 spiro atoms. The molecule has 0 amide bonds. The first-order valence-corrected chi connectivity index (χ1v) is 14.1. The highest BCUT2D eigenvalue weighted by molar-refractivity contribution is 7.99. The number of thioether (sulfide) groups is 1. The Morgan fingerprint density at radius 3 is 2.83 bits per heavy atom. The molecule has 1 unspecified atom stereocenters. The number of carboxylic acid groups (broad SMARTS) is 1. The van der Waals surface area contributed by atoms with Crippen LogP contribution in [0.5, 0.6) is 5.75 Å². The van der Waals surface area contributed by atoms with Gasteiger partial charge in [0.15, 0.2) is 0 Å². The van der Waals surface area contributed by atoms with Gasteiger partial charge < -0.3 is 19.8 Å². The molecule has 1 saturated heterocycles. The summed E-state index contributed by atoms with van der Waals surface area (Å²) in [5, 5.41) is 26.6. The number of halogens is 1. The van der Waals surface area contributed by atoms with Crippen LogP contribution in [0.3, 0.4) is 0 Å². The van der Waals surface area contributed by atoms with Crippen molar-refractivity contribution in [1.29, 1.82) is 0 Å². The van der Waals surface area contributed by atoms with E-state index >= 15 is 0 Å². The lowest BCUT2D eigenvalue weighted by Gasteiger charge is -2.39. The van der Waals surface area contributed by atoms with Crippen LogP contribution in [0.4, 0.5) is 0 Å². The topological polar surface area (TPSA) is 82.9 Å². The first-order chi connectivity index (χ1) is 16.9. The van der Waals surface area contributed by atoms with Crippen LogP contribution in [0.2, 0.25) is 5.02 Å². The molecular formula is C26H31ClN2O4S2. The number of likely N-dealkylation sites (tertiary alicyclic amines) is 1. The summed E-state index contributed by atoms with van der Waals surface area (Å²) in [7, 11) is 1.58. The van der Waals surface area contributed by atoms with Gasteiger partial charge in [-0.1, -0.05) is 11.6 Å². The molecule has 4 rings (SSSR count). The molecule has 3 heterocycles. The van der Waals surface area contributed by atoms with Gasteiger partial charge in [-0.2, -0.15) is 11.3 Å². The Balaban J connectivity index is 1.35. The smallest absolute Gasteiger partial charge is 0.309 e. The van der Waals surface area contributed by atoms with Crippen LogP contribution in [0.1, 0.15) is 43.8 Å². The van der Waals surface area contributed by atoms with Gasteiger partial charge in [-0.15, -0.1) is 11.8 Å². The third-order valence-electron chi connectivity index (χ3n) is 6.95. The second-order valence-electron chi connectivity index (χ2n) is 9.05. The van der Waals surface area contributed by atoms with Crippen molar-refractivity contribution in [2.75, 3.05) is 32.5 Å². The van der Waals surface area contributed by atoms with Crippen LogP contribution in [0.15, 0.2) is 46.1 Å². The number of thiophene rings is 1. The Morgan fingerprint density at radius 1 is 1.34 bits per heavy atom. The number of carbonyl (C=O) groups is 1. The number of ether oxygens (including phenoxy) is 1. The summed E-state index contributed by atoms with van der Waals surface area (Å²) in [6, 6.07) is 7.60. The van der Waals surface area contributed by atoms with Crippen LogP contribution in [0, 0.1) is 5.41 Å². The molecule has 1 atom stereocenters. The Labute approximate surface area is 219 Å². The highest BCUT2D eigenvalue weighted by Gasteiger charge is 2.41. The molecule has 3 aromatic rings. The lowest BCUT2D eigenvalue weighted by atomic mass is 9.74. The minimum Gasteiger partial charge on any atom is -0.497 e. The van der Waals surface area contributed by atoms with Crippen LogP contribution in [0.25, 0.3) is 10.9 Å². The Bertz CT molecular complexity index is 1130. The maximum atomic E-state index is 12.3. The minimum atomic E-state index is -0.886. The quantitative estimate of drug-likeness (QED) is 0.226. The summed E-state index contributed by atoms with van der Waals surface area (Å²) in [5.41, 5.74) is 0.468. The number of hydrogen-bond acceptors (Lipinski definition) is 7. The van der Waals surface area contributed by atoms with Gasteiger partial charge in [0.25, 0.3) is 0 Å². The zero-order valence-electron chi connectivity index (χ0n) is 19.8. The number of methoxy groups -OCH3 is 1. The predicted octanol–water partition coefficient (Wildman–Crippen LogP) is 6.12. The zero-order valence-corrected chi connectivity index (χ0v) is 22.2. The van der Waals surface area contributed by atoms with Crippen molar-refractivity contribution in [3.05, 3.63) is 51.8 Å². The molecule has 0 radical (unpaired) electrons.